The number of cyclic esters (lactones) is 6. The number of hydrogen-bond acceptors (Lipinski definition) is 23. The number of anilines is 6. The van der Waals surface area contributed by atoms with Crippen molar-refractivity contribution in [2.45, 2.75) is 169 Å². The number of amides is 7. The number of nitrogens with one attached hydrogen (secondary N) is 1. The molecule has 12 aromatic rings. The Morgan fingerprint density at radius 3 is 1.12 bits per heavy atom. The van der Waals surface area contributed by atoms with Crippen molar-refractivity contribution in [3.05, 3.63) is 253 Å². The van der Waals surface area contributed by atoms with Crippen LogP contribution in [-0.2, 0) is 38.8 Å². The zero-order chi connectivity index (χ0) is 101. The van der Waals surface area contributed by atoms with E-state index in [1.807, 2.05) is 98.9 Å². The molecule has 0 aliphatic carbocycles. The number of hydrogen-bond donors (Lipinski definition) is 2. The Morgan fingerprint density at radius 1 is 0.433 bits per heavy atom. The van der Waals surface area contributed by atoms with Crippen LogP contribution in [0, 0.1) is 34.9 Å². The number of aromatic amines is 1. The van der Waals surface area contributed by atoms with Gasteiger partial charge in [0, 0.05) is 118 Å². The van der Waals surface area contributed by atoms with Crippen LogP contribution in [-0.4, -0.2) is 189 Å². The maximum Gasteiger partial charge on any atom is 0.414 e. The summed E-state index contributed by atoms with van der Waals surface area (Å²) in [6.45, 7) is 23.9. The summed E-state index contributed by atoms with van der Waals surface area (Å²) >= 11 is 1.24. The number of fused-ring (bicyclic) bond motifs is 1. The van der Waals surface area contributed by atoms with Crippen LogP contribution in [0.2, 0.25) is 0 Å². The summed E-state index contributed by atoms with van der Waals surface area (Å²) in [5.74, 6) is -2.44. The molecule has 0 spiro atoms. The number of halogens is 6. The van der Waals surface area contributed by atoms with Crippen molar-refractivity contribution >= 4 is 105 Å². The molecule has 0 unspecified atom stereocenters. The average Bonchev–Trinajstić information content (AvgIpc) is 1.67. The summed E-state index contributed by atoms with van der Waals surface area (Å²) in [4.78, 5) is 121. The van der Waals surface area contributed by atoms with E-state index >= 15 is 0 Å². The molecule has 141 heavy (non-hydrogen) atoms. The van der Waals surface area contributed by atoms with Gasteiger partial charge in [0.15, 0.2) is 0 Å². The maximum atomic E-state index is 14.7. The fourth-order valence-electron chi connectivity index (χ4n) is 15.9. The minimum atomic E-state index is -1.06. The van der Waals surface area contributed by atoms with Crippen molar-refractivity contribution < 1.29 is 103 Å². The van der Waals surface area contributed by atoms with Crippen LogP contribution in [0.25, 0.3) is 71.4 Å². The van der Waals surface area contributed by atoms with Gasteiger partial charge in [0.05, 0.1) is 85.4 Å². The first-order chi connectivity index (χ1) is 67.6. The summed E-state index contributed by atoms with van der Waals surface area (Å²) in [7, 11) is 1.46. The second-order valence-electron chi connectivity index (χ2n) is 35.2. The molecule has 7 amide bonds. The molecule has 37 heteroatoms. The molecule has 0 bridgehead atoms. The summed E-state index contributed by atoms with van der Waals surface area (Å²) in [5, 5.41) is 11.6. The van der Waals surface area contributed by atoms with Gasteiger partial charge in [-0.05, 0) is 223 Å². The van der Waals surface area contributed by atoms with E-state index in [1.165, 1.54) is 103 Å². The van der Waals surface area contributed by atoms with Gasteiger partial charge in [-0.1, -0.05) is 65.8 Å². The Morgan fingerprint density at radius 2 is 0.794 bits per heavy atom. The summed E-state index contributed by atoms with van der Waals surface area (Å²) < 4.78 is 128. The van der Waals surface area contributed by atoms with E-state index in [4.69, 9.17) is 37.9 Å². The third-order valence-electron chi connectivity index (χ3n) is 23.9. The standard InChI is InChI=1S/C21H27FN2O4.C19H17FN2O2.C17H19FN2O3S.C16H16FN3O3.C16H15FN2O2.C15H14FN3O2/c1-5-16-13-24(20(26)27-16)15-6-7-17(18(22)12-15)14-8-10-23(11-9-14)19(25)28-21(2,3)4;1-2-15-11-22(19(23)24-15)14-5-6-16(17(20)10-14)13-4-3-12-7-8-21-18(12)9-13;1-4-11-9-20(16(21)23-11)10-5-6-12(13(18)7-10)14-8-19-15(24-14)17(2,3)22;1-3-12-9-20(16(21)23-12)11-4-5-13(14(17)6-11)10-7-18-15(22-2)19-8-10;1-2-13-10-19(16(20)21-13)12-5-6-14(15(17)8-12)11-4-3-7-18-9-11;1-2-12-8-19(15(20)21-12)11-3-4-13(14(16)5-11)10-6-17-9-18-7-10/h6-8,12,16H,5,9-11,13H2,1-4H3;3-10,15,21H,2,11H2,1H3;5-8,11,22H,4,9H2,1-3H3;4-8,12H,3,9H2,1-2H3;3-9,13H,2,10H2,1H3;3-7,9,12H,2,8H2,1H3/t16-;15-;11-;12-;13-;12-/m000000/s1. The quantitative estimate of drug-likeness (QED) is 0.0529. The zero-order valence-electron chi connectivity index (χ0n) is 79.8. The van der Waals surface area contributed by atoms with Gasteiger partial charge >= 0.3 is 48.7 Å². The molecular formula is C104H108F6N14O16S. The number of rotatable bonds is 20. The van der Waals surface area contributed by atoms with Crippen molar-refractivity contribution in [1.82, 2.24) is 39.8 Å². The van der Waals surface area contributed by atoms with Gasteiger partial charge in [-0.3, -0.25) is 34.4 Å². The number of carbonyl (C=O) groups excluding carboxylic acids is 7. The number of pyridine rings is 1. The van der Waals surface area contributed by atoms with Crippen molar-refractivity contribution in [3.8, 4) is 61.0 Å². The van der Waals surface area contributed by atoms with Crippen LogP contribution >= 0.6 is 11.3 Å². The van der Waals surface area contributed by atoms with E-state index in [1.54, 1.807) is 135 Å². The molecular weight excluding hydrogens is 1850 g/mol. The van der Waals surface area contributed by atoms with Crippen LogP contribution in [0.1, 0.15) is 132 Å². The number of thiazole rings is 1. The maximum absolute atomic E-state index is 14.7. The molecule has 7 aliphatic heterocycles. The van der Waals surface area contributed by atoms with Crippen LogP contribution in [0.15, 0.2) is 208 Å². The molecule has 5 aromatic heterocycles. The highest BCUT2D eigenvalue weighted by Crippen LogP contribution is 2.40. The smallest absolute Gasteiger partial charge is 0.414 e. The predicted octanol–water partition coefficient (Wildman–Crippen LogP) is 22.9. The Kier molecular flexibility index (Phi) is 32.7. The third-order valence-corrected chi connectivity index (χ3v) is 25.2. The van der Waals surface area contributed by atoms with Gasteiger partial charge in [-0.25, -0.2) is 84.8 Å². The first-order valence-corrected chi connectivity index (χ1v) is 47.1. The second kappa shape index (κ2) is 45.3. The van der Waals surface area contributed by atoms with Crippen molar-refractivity contribution in [2.24, 2.45) is 0 Å². The van der Waals surface area contributed by atoms with Gasteiger partial charge in [-0.2, -0.15) is 0 Å². The molecule has 6 saturated heterocycles. The highest BCUT2D eigenvalue weighted by Gasteiger charge is 2.39. The molecule has 6 atom stereocenters. The molecule has 7 aliphatic rings. The largest absolute Gasteiger partial charge is 0.467 e. The summed E-state index contributed by atoms with van der Waals surface area (Å²) in [6.07, 6.45) is 17.1. The zero-order valence-corrected chi connectivity index (χ0v) is 80.6. The number of carbonyl (C=O) groups is 7. The molecule has 12 heterocycles. The lowest BCUT2D eigenvalue weighted by molar-refractivity contribution is 0.0269. The predicted molar refractivity (Wildman–Crippen MR) is 522 cm³/mol. The van der Waals surface area contributed by atoms with Crippen molar-refractivity contribution in [3.63, 3.8) is 0 Å². The van der Waals surface area contributed by atoms with E-state index in [-0.39, 0.29) is 66.2 Å². The number of benzene rings is 7. The SMILES string of the molecule is CC[C@H]1CN(c2ccc(-c3ccc4cc[nH]c4c3)c(F)c2)C(=O)O1.CC[C@H]1CN(c2ccc(-c3cccnc3)c(F)c2)C(=O)O1.CC[C@H]1CN(c2ccc(-c3cnc(C(C)(C)O)s3)c(F)c2)C(=O)O1.CC[C@H]1CN(c2ccc(-c3cnc(OC)nc3)c(F)c2)C(=O)O1.CC[C@H]1CN(c2ccc(-c3cncnc3)c(F)c2)C(=O)O1.CC[C@H]1CN(c2ccc(C3=CCN(C(=O)OC(C)(C)C)CC3)c(F)c2)C(=O)O1. The van der Waals surface area contributed by atoms with Gasteiger partial charge in [0.2, 0.25) is 0 Å². The van der Waals surface area contributed by atoms with Crippen LogP contribution in [0.5, 0.6) is 6.01 Å². The normalized spacial score (nSPS) is 18.2. The number of ether oxygens (including phenoxy) is 8. The molecule has 30 nitrogen and oxygen atoms in total. The minimum absolute atomic E-state index is 0.126. The Labute approximate surface area is 814 Å². The van der Waals surface area contributed by atoms with Gasteiger partial charge in [0.25, 0.3) is 0 Å². The molecule has 7 aromatic carbocycles. The molecule has 0 saturated carbocycles. The summed E-state index contributed by atoms with van der Waals surface area (Å²) in [5.41, 5.74) is 8.43. The molecule has 6 fully saturated rings. The Hall–Kier alpha value is -15.0. The van der Waals surface area contributed by atoms with Crippen molar-refractivity contribution in [2.75, 3.05) is 88.9 Å². The lowest BCUT2D eigenvalue weighted by Gasteiger charge is -2.29. The van der Waals surface area contributed by atoms with Gasteiger partial charge < -0.3 is 52.9 Å². The van der Waals surface area contributed by atoms with E-state index in [0.29, 0.717) is 153 Å². The fraction of sp³-hybridized carbons (Fsp3) is 0.337. The second-order valence-corrected chi connectivity index (χ2v) is 36.3. The monoisotopic (exact) mass is 1950 g/mol. The lowest BCUT2D eigenvalue weighted by atomic mass is 9.98. The topological polar surface area (TPSA) is 329 Å². The molecule has 0 radical (unpaired) electrons. The third kappa shape index (κ3) is 24.8. The lowest BCUT2D eigenvalue weighted by Crippen LogP contribution is -2.39. The minimum Gasteiger partial charge on any atom is -0.467 e. The van der Waals surface area contributed by atoms with Gasteiger partial charge in [0.1, 0.15) is 94.1 Å². The first kappa shape index (κ1) is 102. The van der Waals surface area contributed by atoms with Crippen LogP contribution < -0.4 is 34.1 Å². The van der Waals surface area contributed by atoms with Crippen LogP contribution in [0.4, 0.5) is 94.0 Å². The van der Waals surface area contributed by atoms with E-state index in [0.717, 1.165) is 60.6 Å². The van der Waals surface area contributed by atoms with E-state index in [2.05, 4.69) is 34.9 Å². The number of nitrogens with zero attached hydrogens (tertiary/aromatic N) is 13. The number of methoxy groups -OCH3 is 1. The highest BCUT2D eigenvalue weighted by molar-refractivity contribution is 7.15. The number of aliphatic hydroxyl groups is 1. The number of H-pyrrole nitrogens is 1. The highest BCUT2D eigenvalue weighted by atomic mass is 32.1. The van der Waals surface area contributed by atoms with Crippen LogP contribution in [0.3, 0.4) is 0 Å². The average molecular weight is 1960 g/mol. The van der Waals surface area contributed by atoms with E-state index < -0.39 is 65.2 Å². The molecule has 738 valence electrons. The van der Waals surface area contributed by atoms with Crippen molar-refractivity contribution in [1.29, 1.82) is 0 Å². The molecule has 19 rings (SSSR count). The van der Waals surface area contributed by atoms with Gasteiger partial charge in [-0.15, -0.1) is 11.3 Å². The molecule has 2 N–H and O–H groups in total. The fourth-order valence-corrected chi connectivity index (χ4v) is 16.9. The summed E-state index contributed by atoms with van der Waals surface area (Å²) in [6, 6.07) is 39.8. The Balaban J connectivity index is 0.000000135. The number of aromatic nitrogens is 7. The Bertz CT molecular complexity index is 6420. The first-order valence-electron chi connectivity index (χ1n) is 46.2. The van der Waals surface area contributed by atoms with E-state index in [9.17, 15) is 65.0 Å².